The Labute approximate surface area is 128 Å². The molecule has 0 spiro atoms. The number of aryl methyl sites for hydroxylation is 2. The summed E-state index contributed by atoms with van der Waals surface area (Å²) < 4.78 is 0. The first kappa shape index (κ1) is 14.6. The summed E-state index contributed by atoms with van der Waals surface area (Å²) in [6.07, 6.45) is 10.3. The Hall–Kier alpha value is -0.340. The zero-order valence-corrected chi connectivity index (χ0v) is 14.1. The second kappa shape index (κ2) is 6.19. The molecule has 0 bridgehead atoms. The van der Waals surface area contributed by atoms with Crippen molar-refractivity contribution in [3.8, 4) is 0 Å². The number of hydrogen-bond acceptors (Lipinski definition) is 2. The Bertz CT molecular complexity index is 450. The number of hydrogen-bond donors (Lipinski definition) is 1. The van der Waals surface area contributed by atoms with E-state index in [0.29, 0.717) is 6.04 Å². The third kappa shape index (κ3) is 3.12. The Kier molecular flexibility index (Phi) is 4.52. The summed E-state index contributed by atoms with van der Waals surface area (Å²) >= 11 is 1.94. The van der Waals surface area contributed by atoms with Crippen LogP contribution in [0.2, 0.25) is 0 Å². The van der Waals surface area contributed by atoms with Crippen LogP contribution in [-0.2, 0) is 0 Å². The largest absolute Gasteiger partial charge is 0.307 e. The van der Waals surface area contributed by atoms with Gasteiger partial charge in [0, 0.05) is 21.8 Å². The molecule has 2 saturated carbocycles. The summed E-state index contributed by atoms with van der Waals surface area (Å²) in [4.78, 5) is 2.94. The van der Waals surface area contributed by atoms with Crippen molar-refractivity contribution in [3.05, 3.63) is 21.4 Å². The van der Waals surface area contributed by atoms with Gasteiger partial charge in [0.2, 0.25) is 0 Å². The average Bonchev–Trinajstić information content (AvgIpc) is 2.78. The lowest BCUT2D eigenvalue weighted by molar-refractivity contribution is 0.139. The van der Waals surface area contributed by atoms with Gasteiger partial charge in [-0.3, -0.25) is 0 Å². The molecule has 0 saturated heterocycles. The summed E-state index contributed by atoms with van der Waals surface area (Å²) in [6.45, 7) is 6.84. The van der Waals surface area contributed by atoms with Crippen molar-refractivity contribution in [2.45, 2.75) is 77.8 Å². The SMILES string of the molecule is Cc1cc(C(C)NC2CCC3CCCCC3C2)c(C)s1. The third-order valence-corrected chi connectivity index (χ3v) is 6.55. The molecule has 0 aromatic carbocycles. The van der Waals surface area contributed by atoms with Gasteiger partial charge in [-0.15, -0.1) is 11.3 Å². The summed E-state index contributed by atoms with van der Waals surface area (Å²) in [5.41, 5.74) is 1.53. The van der Waals surface area contributed by atoms with Gasteiger partial charge in [0.25, 0.3) is 0 Å². The van der Waals surface area contributed by atoms with Crippen LogP contribution in [0.25, 0.3) is 0 Å². The highest BCUT2D eigenvalue weighted by molar-refractivity contribution is 7.12. The maximum absolute atomic E-state index is 3.93. The molecule has 1 aromatic rings. The van der Waals surface area contributed by atoms with Crippen LogP contribution in [0.5, 0.6) is 0 Å². The van der Waals surface area contributed by atoms with Gasteiger partial charge in [-0.25, -0.2) is 0 Å². The highest BCUT2D eigenvalue weighted by Gasteiger charge is 2.32. The molecule has 0 radical (unpaired) electrons. The molecule has 1 aromatic heterocycles. The van der Waals surface area contributed by atoms with E-state index >= 15 is 0 Å². The minimum atomic E-state index is 0.519. The van der Waals surface area contributed by atoms with E-state index < -0.39 is 0 Å². The third-order valence-electron chi connectivity index (χ3n) is 5.57. The van der Waals surface area contributed by atoms with Crippen LogP contribution in [0.3, 0.4) is 0 Å². The Morgan fingerprint density at radius 3 is 2.55 bits per heavy atom. The van der Waals surface area contributed by atoms with E-state index in [1.54, 1.807) is 0 Å². The number of rotatable bonds is 3. The second-order valence-electron chi connectivity index (χ2n) is 7.07. The van der Waals surface area contributed by atoms with Crippen LogP contribution >= 0.6 is 11.3 Å². The van der Waals surface area contributed by atoms with E-state index in [0.717, 1.165) is 17.9 Å². The smallest absolute Gasteiger partial charge is 0.0305 e. The molecule has 1 heterocycles. The molecule has 0 amide bonds. The van der Waals surface area contributed by atoms with Crippen molar-refractivity contribution in [1.29, 1.82) is 0 Å². The summed E-state index contributed by atoms with van der Waals surface area (Å²) in [6, 6.07) is 3.65. The first-order valence-electron chi connectivity index (χ1n) is 8.46. The molecule has 1 N–H and O–H groups in total. The van der Waals surface area contributed by atoms with E-state index in [1.165, 1.54) is 60.3 Å². The Morgan fingerprint density at radius 2 is 1.85 bits per heavy atom. The van der Waals surface area contributed by atoms with Crippen LogP contribution in [-0.4, -0.2) is 6.04 Å². The second-order valence-corrected chi connectivity index (χ2v) is 8.53. The molecule has 0 aliphatic heterocycles. The van der Waals surface area contributed by atoms with Crippen LogP contribution < -0.4 is 5.32 Å². The number of nitrogens with one attached hydrogen (secondary N) is 1. The van der Waals surface area contributed by atoms with Gasteiger partial charge in [0.15, 0.2) is 0 Å². The zero-order chi connectivity index (χ0) is 14.1. The van der Waals surface area contributed by atoms with Crippen LogP contribution in [0.1, 0.15) is 73.2 Å². The van der Waals surface area contributed by atoms with Crippen LogP contribution in [0.15, 0.2) is 6.07 Å². The fraction of sp³-hybridized carbons (Fsp3) is 0.778. The van der Waals surface area contributed by atoms with Gasteiger partial charge in [-0.1, -0.05) is 25.7 Å². The van der Waals surface area contributed by atoms with Crippen molar-refractivity contribution in [1.82, 2.24) is 5.32 Å². The van der Waals surface area contributed by atoms with Gasteiger partial charge in [0.1, 0.15) is 0 Å². The van der Waals surface area contributed by atoms with Gasteiger partial charge < -0.3 is 5.32 Å². The number of fused-ring (bicyclic) bond motifs is 1. The van der Waals surface area contributed by atoms with Crippen molar-refractivity contribution in [2.75, 3.05) is 0 Å². The van der Waals surface area contributed by atoms with E-state index in [9.17, 15) is 0 Å². The molecule has 4 atom stereocenters. The van der Waals surface area contributed by atoms with Crippen LogP contribution in [0.4, 0.5) is 0 Å². The highest BCUT2D eigenvalue weighted by Crippen LogP contribution is 2.41. The molecule has 2 aliphatic rings. The van der Waals surface area contributed by atoms with Gasteiger partial charge in [-0.2, -0.15) is 0 Å². The van der Waals surface area contributed by atoms with Crippen molar-refractivity contribution in [2.24, 2.45) is 11.8 Å². The predicted octanol–water partition coefficient (Wildman–Crippen LogP) is 5.37. The molecule has 1 nitrogen and oxygen atoms in total. The standard InChI is InChI=1S/C18H29NS/c1-12-10-18(14(3)20-12)13(2)19-17-9-8-15-6-4-5-7-16(15)11-17/h10,13,15-17,19H,4-9,11H2,1-3H3. The average molecular weight is 292 g/mol. The van der Waals surface area contributed by atoms with E-state index in [1.807, 2.05) is 11.3 Å². The molecular formula is C18H29NS. The fourth-order valence-electron chi connectivity index (χ4n) is 4.55. The van der Waals surface area contributed by atoms with Crippen molar-refractivity contribution >= 4 is 11.3 Å². The van der Waals surface area contributed by atoms with Crippen molar-refractivity contribution < 1.29 is 0 Å². The lowest BCUT2D eigenvalue weighted by Crippen LogP contribution is -2.39. The summed E-state index contributed by atoms with van der Waals surface area (Å²) in [5, 5.41) is 3.93. The monoisotopic (exact) mass is 291 g/mol. The minimum absolute atomic E-state index is 0.519. The zero-order valence-electron chi connectivity index (χ0n) is 13.2. The quantitative estimate of drug-likeness (QED) is 0.789. The molecule has 112 valence electrons. The van der Waals surface area contributed by atoms with E-state index in [-0.39, 0.29) is 0 Å². The number of thiophene rings is 1. The minimum Gasteiger partial charge on any atom is -0.307 e. The lowest BCUT2D eigenvalue weighted by atomic mass is 9.69. The summed E-state index contributed by atoms with van der Waals surface area (Å²) in [5.74, 6) is 2.08. The molecular weight excluding hydrogens is 262 g/mol. The topological polar surface area (TPSA) is 12.0 Å². The Balaban J connectivity index is 1.59. The highest BCUT2D eigenvalue weighted by atomic mass is 32.1. The van der Waals surface area contributed by atoms with Crippen molar-refractivity contribution in [3.63, 3.8) is 0 Å². The summed E-state index contributed by atoms with van der Waals surface area (Å²) in [7, 11) is 0. The van der Waals surface area contributed by atoms with Gasteiger partial charge in [-0.05, 0) is 63.5 Å². The van der Waals surface area contributed by atoms with Gasteiger partial charge in [0.05, 0.1) is 0 Å². The molecule has 2 aliphatic carbocycles. The van der Waals surface area contributed by atoms with E-state index in [2.05, 4.69) is 32.2 Å². The van der Waals surface area contributed by atoms with Crippen LogP contribution in [0, 0.1) is 25.7 Å². The first-order chi connectivity index (χ1) is 9.63. The molecule has 2 heteroatoms. The Morgan fingerprint density at radius 1 is 1.10 bits per heavy atom. The predicted molar refractivity (Wildman–Crippen MR) is 88.4 cm³/mol. The first-order valence-corrected chi connectivity index (χ1v) is 9.28. The normalized spacial score (nSPS) is 31.9. The fourth-order valence-corrected chi connectivity index (χ4v) is 5.57. The molecule has 20 heavy (non-hydrogen) atoms. The molecule has 4 unspecified atom stereocenters. The molecule has 2 fully saturated rings. The maximum atomic E-state index is 3.93. The van der Waals surface area contributed by atoms with Gasteiger partial charge >= 0.3 is 0 Å². The van der Waals surface area contributed by atoms with E-state index in [4.69, 9.17) is 0 Å². The maximum Gasteiger partial charge on any atom is 0.0305 e. The lowest BCUT2D eigenvalue weighted by Gasteiger charge is -2.40. The molecule has 3 rings (SSSR count).